The molecule has 0 saturated carbocycles. The van der Waals surface area contributed by atoms with Gasteiger partial charge in [0.05, 0.1) is 0 Å². The second-order valence-electron chi connectivity index (χ2n) is 6.40. The van der Waals surface area contributed by atoms with Crippen LogP contribution in [0.2, 0.25) is 0 Å². The van der Waals surface area contributed by atoms with E-state index in [1.165, 1.54) is 0 Å². The molecule has 27 heavy (non-hydrogen) atoms. The predicted octanol–water partition coefficient (Wildman–Crippen LogP) is 1.55. The zero-order valence-corrected chi connectivity index (χ0v) is 18.5. The van der Waals surface area contributed by atoms with Crippen molar-refractivity contribution in [2.24, 2.45) is 0 Å². The van der Waals surface area contributed by atoms with Gasteiger partial charge < -0.3 is 15.5 Å². The molecule has 0 bridgehead atoms. The normalized spacial score (nSPS) is 15.8. The van der Waals surface area contributed by atoms with Gasteiger partial charge in [0.1, 0.15) is 5.82 Å². The fourth-order valence-electron chi connectivity index (χ4n) is 3.20. The maximum Gasteiger partial charge on any atom is 0.241 e. The zero-order valence-electron chi connectivity index (χ0n) is 16.0. The van der Waals surface area contributed by atoms with Gasteiger partial charge in [-0.25, -0.2) is 13.4 Å². The van der Waals surface area contributed by atoms with E-state index in [1.807, 2.05) is 12.1 Å². The summed E-state index contributed by atoms with van der Waals surface area (Å²) in [6, 6.07) is 3.84. The second-order valence-corrected chi connectivity index (χ2v) is 8.72. The molecule has 156 valence electrons. The SMILES string of the molecule is CCN(CC)c1ccc(CNC(=O)C2(S(C)(=O)=O)CCNCC2)cn1.Cl.Cl. The van der Waals surface area contributed by atoms with Gasteiger partial charge in [0.2, 0.25) is 5.91 Å². The molecule has 1 fully saturated rings. The van der Waals surface area contributed by atoms with Crippen LogP contribution in [0.5, 0.6) is 0 Å². The van der Waals surface area contributed by atoms with Gasteiger partial charge in [-0.15, -0.1) is 24.8 Å². The maximum atomic E-state index is 12.7. The number of pyridine rings is 1. The number of carbonyl (C=O) groups excluding carboxylic acids is 1. The molecule has 2 heterocycles. The third-order valence-corrected chi connectivity index (χ3v) is 6.90. The summed E-state index contributed by atoms with van der Waals surface area (Å²) in [6.45, 7) is 7.23. The Morgan fingerprint density at radius 3 is 2.26 bits per heavy atom. The van der Waals surface area contributed by atoms with Crippen molar-refractivity contribution >= 4 is 46.4 Å². The predicted molar refractivity (Wildman–Crippen MR) is 114 cm³/mol. The fraction of sp³-hybridized carbons (Fsp3) is 0.647. The van der Waals surface area contributed by atoms with Crippen LogP contribution in [0.4, 0.5) is 5.82 Å². The summed E-state index contributed by atoms with van der Waals surface area (Å²) >= 11 is 0. The van der Waals surface area contributed by atoms with Crippen molar-refractivity contribution in [3.05, 3.63) is 23.9 Å². The van der Waals surface area contributed by atoms with Crippen molar-refractivity contribution in [3.63, 3.8) is 0 Å². The van der Waals surface area contributed by atoms with Crippen LogP contribution < -0.4 is 15.5 Å². The molecule has 10 heteroatoms. The Hall–Kier alpha value is -1.09. The molecule has 0 aliphatic carbocycles. The Kier molecular flexibility index (Phi) is 10.6. The van der Waals surface area contributed by atoms with E-state index in [1.54, 1.807) is 6.20 Å². The number of hydrogen-bond donors (Lipinski definition) is 2. The van der Waals surface area contributed by atoms with Crippen LogP contribution in [0, 0.1) is 0 Å². The fourth-order valence-corrected chi connectivity index (χ4v) is 4.55. The summed E-state index contributed by atoms with van der Waals surface area (Å²) < 4.78 is 23.2. The molecule has 2 rings (SSSR count). The van der Waals surface area contributed by atoms with Gasteiger partial charge in [0, 0.05) is 32.1 Å². The smallest absolute Gasteiger partial charge is 0.241 e. The maximum absolute atomic E-state index is 12.7. The molecule has 0 aromatic carbocycles. The van der Waals surface area contributed by atoms with Crippen molar-refractivity contribution in [3.8, 4) is 0 Å². The number of rotatable bonds is 7. The standard InChI is InChI=1S/C17H28N4O3S.2ClH/c1-4-21(5-2)15-7-6-14(12-19-15)13-20-16(22)17(25(3,23)24)8-10-18-11-9-17;;/h6-7,12,18H,4-5,8-11,13H2,1-3H3,(H,20,22);2*1H. The third-order valence-electron chi connectivity index (χ3n) is 4.88. The lowest BCUT2D eigenvalue weighted by atomic mass is 9.96. The first kappa shape index (κ1) is 25.9. The lowest BCUT2D eigenvalue weighted by Crippen LogP contribution is -2.57. The molecule has 0 spiro atoms. The van der Waals surface area contributed by atoms with E-state index in [2.05, 4.69) is 34.4 Å². The van der Waals surface area contributed by atoms with E-state index in [9.17, 15) is 13.2 Å². The highest BCUT2D eigenvalue weighted by Gasteiger charge is 2.48. The largest absolute Gasteiger partial charge is 0.357 e. The van der Waals surface area contributed by atoms with Gasteiger partial charge >= 0.3 is 0 Å². The van der Waals surface area contributed by atoms with E-state index >= 15 is 0 Å². The van der Waals surface area contributed by atoms with E-state index < -0.39 is 20.5 Å². The van der Waals surface area contributed by atoms with E-state index in [0.29, 0.717) is 25.9 Å². The Balaban J connectivity index is 0.00000338. The minimum Gasteiger partial charge on any atom is -0.357 e. The zero-order chi connectivity index (χ0) is 18.5. The number of carbonyl (C=O) groups is 1. The van der Waals surface area contributed by atoms with Crippen LogP contribution in [0.3, 0.4) is 0 Å². The summed E-state index contributed by atoms with van der Waals surface area (Å²) in [6.07, 6.45) is 3.48. The highest BCUT2D eigenvalue weighted by Crippen LogP contribution is 2.28. The number of nitrogens with one attached hydrogen (secondary N) is 2. The van der Waals surface area contributed by atoms with Crippen molar-refractivity contribution in [1.29, 1.82) is 0 Å². The third kappa shape index (κ3) is 5.94. The lowest BCUT2D eigenvalue weighted by molar-refractivity contribution is -0.124. The summed E-state index contributed by atoms with van der Waals surface area (Å²) in [5, 5.41) is 5.90. The molecule has 0 radical (unpaired) electrons. The summed E-state index contributed by atoms with van der Waals surface area (Å²) in [5.41, 5.74) is 0.849. The van der Waals surface area contributed by atoms with Gasteiger partial charge in [-0.1, -0.05) is 6.07 Å². The van der Waals surface area contributed by atoms with Gasteiger partial charge in [0.15, 0.2) is 14.6 Å². The summed E-state index contributed by atoms with van der Waals surface area (Å²) in [7, 11) is -3.49. The Labute approximate surface area is 174 Å². The molecule has 7 nitrogen and oxygen atoms in total. The molecule has 0 unspecified atom stereocenters. The molecule has 1 aromatic rings. The van der Waals surface area contributed by atoms with Gasteiger partial charge in [-0.2, -0.15) is 0 Å². The minimum absolute atomic E-state index is 0. The molecule has 1 amide bonds. The number of halogens is 2. The molecule has 2 N–H and O–H groups in total. The van der Waals surface area contributed by atoms with Crippen LogP contribution in [0.25, 0.3) is 0 Å². The van der Waals surface area contributed by atoms with Crippen molar-refractivity contribution in [2.75, 3.05) is 37.3 Å². The van der Waals surface area contributed by atoms with Crippen molar-refractivity contribution in [2.45, 2.75) is 38.0 Å². The van der Waals surface area contributed by atoms with Crippen LogP contribution >= 0.6 is 24.8 Å². The van der Waals surface area contributed by atoms with E-state index in [0.717, 1.165) is 30.7 Å². The average Bonchev–Trinajstić information content (AvgIpc) is 2.61. The first-order valence-electron chi connectivity index (χ1n) is 8.72. The number of sulfone groups is 1. The summed E-state index contributed by atoms with van der Waals surface area (Å²) in [5.74, 6) is 0.482. The molecule has 1 saturated heterocycles. The quantitative estimate of drug-likeness (QED) is 0.668. The number of anilines is 1. The number of amides is 1. The lowest BCUT2D eigenvalue weighted by Gasteiger charge is -2.34. The Morgan fingerprint density at radius 1 is 1.22 bits per heavy atom. The van der Waals surface area contributed by atoms with Gasteiger partial charge in [0.25, 0.3) is 0 Å². The number of hydrogen-bond acceptors (Lipinski definition) is 6. The number of aromatic nitrogens is 1. The highest BCUT2D eigenvalue weighted by atomic mass is 35.5. The number of piperidine rings is 1. The molecule has 1 aliphatic rings. The van der Waals surface area contributed by atoms with Crippen molar-refractivity contribution in [1.82, 2.24) is 15.6 Å². The minimum atomic E-state index is -3.49. The van der Waals surface area contributed by atoms with E-state index in [-0.39, 0.29) is 31.4 Å². The Morgan fingerprint density at radius 2 is 1.81 bits per heavy atom. The first-order valence-corrected chi connectivity index (χ1v) is 10.6. The van der Waals surface area contributed by atoms with Gasteiger partial charge in [-0.3, -0.25) is 4.79 Å². The summed E-state index contributed by atoms with van der Waals surface area (Å²) in [4.78, 5) is 19.2. The molecular weight excluding hydrogens is 411 g/mol. The highest BCUT2D eigenvalue weighted by molar-refractivity contribution is 7.92. The van der Waals surface area contributed by atoms with Gasteiger partial charge in [-0.05, 0) is 51.4 Å². The van der Waals surface area contributed by atoms with Crippen LogP contribution in [-0.2, 0) is 21.2 Å². The first-order chi connectivity index (χ1) is 11.8. The Bertz CT molecular complexity index is 689. The topological polar surface area (TPSA) is 91.4 Å². The molecular formula is C17H30Cl2N4O3S. The molecule has 1 aromatic heterocycles. The molecule has 1 aliphatic heterocycles. The van der Waals surface area contributed by atoms with Crippen LogP contribution in [0.15, 0.2) is 18.3 Å². The monoisotopic (exact) mass is 440 g/mol. The van der Waals surface area contributed by atoms with E-state index in [4.69, 9.17) is 0 Å². The average molecular weight is 441 g/mol. The number of nitrogens with zero attached hydrogens (tertiary/aromatic N) is 2. The molecule has 0 atom stereocenters. The van der Waals surface area contributed by atoms with Crippen molar-refractivity contribution < 1.29 is 13.2 Å². The van der Waals surface area contributed by atoms with Crippen LogP contribution in [-0.4, -0.2) is 56.5 Å². The second kappa shape index (κ2) is 11.0. The van der Waals surface area contributed by atoms with Crippen LogP contribution in [0.1, 0.15) is 32.3 Å².